The summed E-state index contributed by atoms with van der Waals surface area (Å²) in [7, 11) is 1.72. The first-order valence-electron chi connectivity index (χ1n) is 10.1. The first-order valence-corrected chi connectivity index (χ1v) is 10.1. The van der Waals surface area contributed by atoms with Gasteiger partial charge in [0.2, 0.25) is 0 Å². The Morgan fingerprint density at radius 2 is 2.00 bits per heavy atom. The van der Waals surface area contributed by atoms with Crippen molar-refractivity contribution >= 4 is 23.4 Å². The van der Waals surface area contributed by atoms with Gasteiger partial charge in [0.1, 0.15) is 0 Å². The highest BCUT2D eigenvalue weighted by molar-refractivity contribution is 5.98. The van der Waals surface area contributed by atoms with Crippen molar-refractivity contribution < 1.29 is 9.59 Å². The van der Waals surface area contributed by atoms with Gasteiger partial charge in [-0.05, 0) is 47.1 Å². The smallest absolute Gasteiger partial charge is 0.321 e. The van der Waals surface area contributed by atoms with Crippen LogP contribution >= 0.6 is 0 Å². The normalized spacial score (nSPS) is 18.0. The molecule has 1 heterocycles. The van der Waals surface area contributed by atoms with Crippen LogP contribution in [0.1, 0.15) is 55.5 Å². The van der Waals surface area contributed by atoms with Crippen LogP contribution in [0, 0.1) is 0 Å². The fourth-order valence-electron chi connectivity index (χ4n) is 4.13. The average Bonchev–Trinajstić information content (AvgIpc) is 3.06. The van der Waals surface area contributed by atoms with E-state index in [2.05, 4.69) is 54.9 Å². The minimum atomic E-state index is -0.226. The molecule has 2 aromatic carbocycles. The number of anilines is 2. The number of benzene rings is 2. The second-order valence-electron chi connectivity index (χ2n) is 8.87. The maximum absolute atomic E-state index is 12.7. The van der Waals surface area contributed by atoms with Crippen LogP contribution in [0.5, 0.6) is 0 Å². The average molecular weight is 393 g/mol. The number of carbonyl (C=O) groups excluding carboxylic acids is 2. The topological polar surface area (TPSA) is 73.5 Å². The van der Waals surface area contributed by atoms with Crippen molar-refractivity contribution in [2.24, 2.45) is 0 Å². The van der Waals surface area contributed by atoms with Gasteiger partial charge in [0.15, 0.2) is 0 Å². The number of carbonyl (C=O) groups is 2. The summed E-state index contributed by atoms with van der Waals surface area (Å²) in [4.78, 5) is 26.1. The fourth-order valence-corrected chi connectivity index (χ4v) is 4.13. The van der Waals surface area contributed by atoms with Gasteiger partial charge in [-0.2, -0.15) is 0 Å². The second kappa shape index (κ2) is 7.10. The summed E-state index contributed by atoms with van der Waals surface area (Å²) in [6.07, 6.45) is 1.88. The molecule has 1 aliphatic heterocycles. The molecule has 2 aliphatic rings. The van der Waals surface area contributed by atoms with Crippen molar-refractivity contribution in [3.8, 4) is 0 Å². The molecular weight excluding hydrogens is 364 g/mol. The zero-order valence-corrected chi connectivity index (χ0v) is 17.4. The lowest BCUT2D eigenvalue weighted by molar-refractivity contribution is 0.246. The van der Waals surface area contributed by atoms with E-state index in [1.807, 2.05) is 18.2 Å². The van der Waals surface area contributed by atoms with E-state index in [4.69, 9.17) is 0 Å². The molecule has 0 saturated carbocycles. The summed E-state index contributed by atoms with van der Waals surface area (Å²) in [6, 6.07) is 11.8. The molecule has 3 N–H and O–H groups in total. The third-order valence-electron chi connectivity index (χ3n) is 5.87. The number of aryl methyl sites for hydroxylation is 1. The lowest BCUT2D eigenvalue weighted by atomic mass is 9.85. The number of amides is 4. The molecule has 0 unspecified atom stereocenters. The summed E-state index contributed by atoms with van der Waals surface area (Å²) >= 11 is 0. The Balaban J connectivity index is 1.48. The molecule has 1 aliphatic carbocycles. The summed E-state index contributed by atoms with van der Waals surface area (Å²) in [6.45, 7) is 7.05. The Bertz CT molecular complexity index is 977. The molecule has 0 fully saturated rings. The molecule has 0 spiro atoms. The van der Waals surface area contributed by atoms with Gasteiger partial charge in [-0.15, -0.1) is 0 Å². The Kier molecular flexibility index (Phi) is 4.73. The molecule has 1 atom stereocenters. The van der Waals surface area contributed by atoms with E-state index < -0.39 is 0 Å². The highest BCUT2D eigenvalue weighted by Gasteiger charge is 2.27. The molecule has 0 saturated heterocycles. The number of nitrogens with zero attached hydrogens (tertiary/aromatic N) is 1. The Labute approximate surface area is 171 Å². The highest BCUT2D eigenvalue weighted by atomic mass is 16.2. The van der Waals surface area contributed by atoms with Gasteiger partial charge in [-0.25, -0.2) is 9.59 Å². The Morgan fingerprint density at radius 1 is 1.21 bits per heavy atom. The van der Waals surface area contributed by atoms with E-state index >= 15 is 0 Å². The minimum Gasteiger partial charge on any atom is -0.333 e. The fraction of sp³-hybridized carbons (Fsp3) is 0.391. The first-order chi connectivity index (χ1) is 13.7. The number of nitrogens with one attached hydrogen (secondary N) is 3. The van der Waals surface area contributed by atoms with E-state index in [1.165, 1.54) is 16.7 Å². The predicted molar refractivity (Wildman–Crippen MR) is 115 cm³/mol. The molecule has 0 radical (unpaired) electrons. The van der Waals surface area contributed by atoms with Crippen molar-refractivity contribution in [3.63, 3.8) is 0 Å². The molecule has 2 aromatic rings. The van der Waals surface area contributed by atoms with Crippen LogP contribution in [0.4, 0.5) is 21.0 Å². The number of urea groups is 2. The zero-order chi connectivity index (χ0) is 20.8. The SMILES string of the molecule is CN1C(=O)NCc2c(NC(=O)N[C@@H]3CCc4cc(C(C)(C)C)ccc43)cccc21. The van der Waals surface area contributed by atoms with E-state index in [0.717, 1.165) is 24.1 Å². The van der Waals surface area contributed by atoms with Crippen LogP contribution in [-0.2, 0) is 18.4 Å². The first kappa shape index (κ1) is 19.3. The monoisotopic (exact) mass is 392 g/mol. The zero-order valence-electron chi connectivity index (χ0n) is 17.4. The standard InChI is InChI=1S/C23H28N4O2/c1-23(2,3)15-9-10-16-14(12-15)8-11-19(16)26-21(28)25-18-6-5-7-20-17(18)13-24-22(29)27(20)4/h5-7,9-10,12,19H,8,11,13H2,1-4H3,(H,24,29)(H2,25,26,28)/t19-/m1/s1. The van der Waals surface area contributed by atoms with Gasteiger partial charge < -0.3 is 16.0 Å². The van der Waals surface area contributed by atoms with Gasteiger partial charge in [0.05, 0.1) is 11.7 Å². The van der Waals surface area contributed by atoms with Crippen molar-refractivity contribution in [1.29, 1.82) is 0 Å². The van der Waals surface area contributed by atoms with Gasteiger partial charge in [0, 0.05) is 24.8 Å². The Hall–Kier alpha value is -3.02. The summed E-state index contributed by atoms with van der Waals surface area (Å²) in [5, 5.41) is 8.91. The number of hydrogen-bond donors (Lipinski definition) is 3. The van der Waals surface area contributed by atoms with Gasteiger partial charge in [0.25, 0.3) is 0 Å². The van der Waals surface area contributed by atoms with Crippen LogP contribution in [0.25, 0.3) is 0 Å². The molecule has 29 heavy (non-hydrogen) atoms. The minimum absolute atomic E-state index is 0.0148. The van der Waals surface area contributed by atoms with Crippen LogP contribution in [-0.4, -0.2) is 19.1 Å². The quantitative estimate of drug-likeness (QED) is 0.706. The van der Waals surface area contributed by atoms with E-state index in [1.54, 1.807) is 11.9 Å². The third-order valence-corrected chi connectivity index (χ3v) is 5.87. The molecule has 6 nitrogen and oxygen atoms in total. The second-order valence-corrected chi connectivity index (χ2v) is 8.87. The maximum Gasteiger partial charge on any atom is 0.321 e. The van der Waals surface area contributed by atoms with Crippen LogP contribution < -0.4 is 20.9 Å². The van der Waals surface area contributed by atoms with Gasteiger partial charge in [-0.3, -0.25) is 4.90 Å². The number of fused-ring (bicyclic) bond motifs is 2. The van der Waals surface area contributed by atoms with Crippen LogP contribution in [0.3, 0.4) is 0 Å². The molecule has 0 bridgehead atoms. The largest absolute Gasteiger partial charge is 0.333 e. The lowest BCUT2D eigenvalue weighted by Crippen LogP contribution is -2.42. The molecule has 4 rings (SSSR count). The molecule has 6 heteroatoms. The van der Waals surface area contributed by atoms with Crippen LogP contribution in [0.15, 0.2) is 36.4 Å². The molecule has 0 aromatic heterocycles. The summed E-state index contributed by atoms with van der Waals surface area (Å²) < 4.78 is 0. The Morgan fingerprint density at radius 3 is 2.76 bits per heavy atom. The van der Waals surface area contributed by atoms with E-state index in [-0.39, 0.29) is 23.5 Å². The lowest BCUT2D eigenvalue weighted by Gasteiger charge is -2.28. The number of rotatable bonds is 2. The van der Waals surface area contributed by atoms with E-state index in [9.17, 15) is 9.59 Å². The van der Waals surface area contributed by atoms with Crippen LogP contribution in [0.2, 0.25) is 0 Å². The third kappa shape index (κ3) is 3.67. The van der Waals surface area contributed by atoms with Crippen molar-refractivity contribution in [3.05, 3.63) is 58.7 Å². The molecule has 4 amide bonds. The molecule has 152 valence electrons. The highest BCUT2D eigenvalue weighted by Crippen LogP contribution is 2.35. The van der Waals surface area contributed by atoms with Gasteiger partial charge in [-0.1, -0.05) is 45.0 Å². The molecular formula is C23H28N4O2. The number of hydrogen-bond acceptors (Lipinski definition) is 2. The predicted octanol–water partition coefficient (Wildman–Crippen LogP) is 4.45. The summed E-state index contributed by atoms with van der Waals surface area (Å²) in [5.74, 6) is 0. The van der Waals surface area contributed by atoms with Crippen molar-refractivity contribution in [2.75, 3.05) is 17.3 Å². The van der Waals surface area contributed by atoms with Gasteiger partial charge >= 0.3 is 12.1 Å². The van der Waals surface area contributed by atoms with Crippen molar-refractivity contribution in [1.82, 2.24) is 10.6 Å². The maximum atomic E-state index is 12.7. The van der Waals surface area contributed by atoms with E-state index in [0.29, 0.717) is 12.2 Å². The van der Waals surface area contributed by atoms with Crippen molar-refractivity contribution in [2.45, 2.75) is 51.6 Å². The summed E-state index contributed by atoms with van der Waals surface area (Å²) in [5.41, 5.74) is 6.40.